The number of hydrogen-bond donors (Lipinski definition) is 1. The normalized spacial score (nSPS) is 26.2. The number of aromatic nitrogens is 2. The molecule has 0 radical (unpaired) electrons. The maximum atomic E-state index is 6.12. The van der Waals surface area contributed by atoms with Crippen molar-refractivity contribution in [1.29, 1.82) is 0 Å². The Kier molecular flexibility index (Phi) is 3.39. The van der Waals surface area contributed by atoms with Crippen LogP contribution < -0.4 is 5.73 Å². The van der Waals surface area contributed by atoms with E-state index < -0.39 is 0 Å². The Morgan fingerprint density at radius 2 is 2.11 bits per heavy atom. The molecule has 2 aliphatic rings. The van der Waals surface area contributed by atoms with Crippen LogP contribution in [0.5, 0.6) is 0 Å². The SMILES string of the molecule is Cc1nn(C2CCOC3(CCCC3)C2)c(C)c1CN. The highest BCUT2D eigenvalue weighted by Gasteiger charge is 2.41. The van der Waals surface area contributed by atoms with E-state index in [-0.39, 0.29) is 5.60 Å². The van der Waals surface area contributed by atoms with E-state index in [4.69, 9.17) is 15.6 Å². The molecule has 1 atom stereocenters. The van der Waals surface area contributed by atoms with Crippen molar-refractivity contribution in [1.82, 2.24) is 9.78 Å². The van der Waals surface area contributed by atoms with Crippen molar-refractivity contribution < 1.29 is 4.74 Å². The minimum Gasteiger partial charge on any atom is -0.375 e. The molecule has 1 unspecified atom stereocenters. The van der Waals surface area contributed by atoms with Crippen LogP contribution in [0.3, 0.4) is 0 Å². The van der Waals surface area contributed by atoms with Gasteiger partial charge in [0.15, 0.2) is 0 Å². The molecule has 106 valence electrons. The van der Waals surface area contributed by atoms with Gasteiger partial charge in [-0.2, -0.15) is 5.10 Å². The summed E-state index contributed by atoms with van der Waals surface area (Å²) >= 11 is 0. The van der Waals surface area contributed by atoms with Gasteiger partial charge in [0, 0.05) is 24.4 Å². The van der Waals surface area contributed by atoms with Crippen molar-refractivity contribution in [2.45, 2.75) is 70.6 Å². The molecule has 0 amide bonds. The van der Waals surface area contributed by atoms with E-state index in [0.717, 1.165) is 25.1 Å². The van der Waals surface area contributed by atoms with Gasteiger partial charge in [-0.05, 0) is 39.5 Å². The first-order valence-electron chi connectivity index (χ1n) is 7.54. The van der Waals surface area contributed by atoms with Crippen LogP contribution in [0.4, 0.5) is 0 Å². The highest BCUT2D eigenvalue weighted by Crippen LogP contribution is 2.43. The Morgan fingerprint density at radius 3 is 2.74 bits per heavy atom. The van der Waals surface area contributed by atoms with E-state index in [1.807, 2.05) is 0 Å². The van der Waals surface area contributed by atoms with Crippen LogP contribution in [0.25, 0.3) is 0 Å². The molecule has 4 nitrogen and oxygen atoms in total. The minimum absolute atomic E-state index is 0.151. The second-order valence-corrected chi connectivity index (χ2v) is 6.18. The quantitative estimate of drug-likeness (QED) is 0.892. The number of nitrogens with zero attached hydrogens (tertiary/aromatic N) is 2. The van der Waals surface area contributed by atoms with Gasteiger partial charge in [-0.3, -0.25) is 4.68 Å². The molecule has 2 fully saturated rings. The number of nitrogens with two attached hydrogens (primary N) is 1. The predicted octanol–water partition coefficient (Wildman–Crippen LogP) is 2.62. The van der Waals surface area contributed by atoms with Crippen molar-refractivity contribution in [2.24, 2.45) is 5.73 Å². The Labute approximate surface area is 115 Å². The second kappa shape index (κ2) is 4.91. The molecule has 2 N–H and O–H groups in total. The van der Waals surface area contributed by atoms with Gasteiger partial charge in [0.2, 0.25) is 0 Å². The van der Waals surface area contributed by atoms with Gasteiger partial charge >= 0.3 is 0 Å². The van der Waals surface area contributed by atoms with Crippen molar-refractivity contribution in [3.05, 3.63) is 17.0 Å². The standard InChI is InChI=1S/C15H25N3O/c1-11-14(10-16)12(2)18(17-11)13-5-8-19-15(9-13)6-3-4-7-15/h13H,3-10,16H2,1-2H3. The number of hydrogen-bond acceptors (Lipinski definition) is 3. The third kappa shape index (κ3) is 2.21. The van der Waals surface area contributed by atoms with Crippen molar-refractivity contribution in [3.63, 3.8) is 0 Å². The van der Waals surface area contributed by atoms with Crippen LogP contribution in [0.15, 0.2) is 0 Å². The van der Waals surface area contributed by atoms with E-state index >= 15 is 0 Å². The summed E-state index contributed by atoms with van der Waals surface area (Å²) < 4.78 is 8.34. The third-order valence-electron chi connectivity index (χ3n) is 5.01. The van der Waals surface area contributed by atoms with Gasteiger partial charge in [-0.25, -0.2) is 0 Å². The Morgan fingerprint density at radius 1 is 1.37 bits per heavy atom. The zero-order chi connectivity index (χ0) is 13.5. The summed E-state index contributed by atoms with van der Waals surface area (Å²) in [6.07, 6.45) is 7.29. The molecule has 0 aromatic carbocycles. The molecule has 1 saturated heterocycles. The summed E-state index contributed by atoms with van der Waals surface area (Å²) in [5, 5.41) is 4.74. The van der Waals surface area contributed by atoms with Gasteiger partial charge in [-0.1, -0.05) is 12.8 Å². The molecule has 1 aliphatic heterocycles. The first-order chi connectivity index (χ1) is 9.15. The lowest BCUT2D eigenvalue weighted by Crippen LogP contribution is -2.38. The molecule has 19 heavy (non-hydrogen) atoms. The van der Waals surface area contributed by atoms with Gasteiger partial charge in [-0.15, -0.1) is 0 Å². The molecule has 1 aromatic heterocycles. The first kappa shape index (κ1) is 13.1. The largest absolute Gasteiger partial charge is 0.375 e. The number of aryl methyl sites for hydroxylation is 1. The maximum Gasteiger partial charge on any atom is 0.0703 e. The monoisotopic (exact) mass is 263 g/mol. The zero-order valence-electron chi connectivity index (χ0n) is 12.1. The Balaban J connectivity index is 1.85. The van der Waals surface area contributed by atoms with Crippen molar-refractivity contribution in [2.75, 3.05) is 6.61 Å². The summed E-state index contributed by atoms with van der Waals surface area (Å²) in [6.45, 7) is 5.68. The van der Waals surface area contributed by atoms with E-state index in [1.54, 1.807) is 0 Å². The van der Waals surface area contributed by atoms with E-state index in [1.165, 1.54) is 36.9 Å². The zero-order valence-corrected chi connectivity index (χ0v) is 12.1. The van der Waals surface area contributed by atoms with Crippen LogP contribution in [-0.4, -0.2) is 22.0 Å². The predicted molar refractivity (Wildman–Crippen MR) is 75.0 cm³/mol. The van der Waals surface area contributed by atoms with Crippen LogP contribution >= 0.6 is 0 Å². The lowest BCUT2D eigenvalue weighted by molar-refractivity contribution is -0.0912. The van der Waals surface area contributed by atoms with Crippen molar-refractivity contribution in [3.8, 4) is 0 Å². The van der Waals surface area contributed by atoms with Gasteiger partial charge in [0.05, 0.1) is 17.3 Å². The first-order valence-corrected chi connectivity index (χ1v) is 7.54. The fourth-order valence-electron chi connectivity index (χ4n) is 3.93. The topological polar surface area (TPSA) is 53.1 Å². The van der Waals surface area contributed by atoms with Crippen LogP contribution in [-0.2, 0) is 11.3 Å². The average Bonchev–Trinajstić information content (AvgIpc) is 2.95. The summed E-state index contributed by atoms with van der Waals surface area (Å²) in [7, 11) is 0. The Bertz CT molecular complexity index is 460. The lowest BCUT2D eigenvalue weighted by atomic mass is 9.89. The molecule has 1 saturated carbocycles. The number of rotatable bonds is 2. The fourth-order valence-corrected chi connectivity index (χ4v) is 3.93. The fraction of sp³-hybridized carbons (Fsp3) is 0.800. The van der Waals surface area contributed by atoms with Gasteiger partial charge < -0.3 is 10.5 Å². The third-order valence-corrected chi connectivity index (χ3v) is 5.01. The van der Waals surface area contributed by atoms with E-state index in [2.05, 4.69) is 18.5 Å². The van der Waals surface area contributed by atoms with Crippen LogP contribution in [0.1, 0.15) is 61.5 Å². The lowest BCUT2D eigenvalue weighted by Gasteiger charge is -2.38. The maximum absolute atomic E-state index is 6.12. The van der Waals surface area contributed by atoms with E-state index in [9.17, 15) is 0 Å². The molecule has 1 aliphatic carbocycles. The van der Waals surface area contributed by atoms with Crippen LogP contribution in [0, 0.1) is 13.8 Å². The molecule has 1 aromatic rings. The summed E-state index contributed by atoms with van der Waals surface area (Å²) in [6, 6.07) is 0.492. The summed E-state index contributed by atoms with van der Waals surface area (Å²) in [5.74, 6) is 0. The highest BCUT2D eigenvalue weighted by molar-refractivity contribution is 5.24. The molecule has 4 heteroatoms. The molecular formula is C15H25N3O. The molecule has 0 bridgehead atoms. The summed E-state index contributed by atoms with van der Waals surface area (Å²) in [5.41, 5.74) is 9.54. The number of ether oxygens (including phenoxy) is 1. The van der Waals surface area contributed by atoms with Crippen molar-refractivity contribution >= 4 is 0 Å². The van der Waals surface area contributed by atoms with E-state index in [0.29, 0.717) is 12.6 Å². The summed E-state index contributed by atoms with van der Waals surface area (Å²) in [4.78, 5) is 0. The average molecular weight is 263 g/mol. The van der Waals surface area contributed by atoms with Gasteiger partial charge in [0.1, 0.15) is 0 Å². The Hall–Kier alpha value is -0.870. The highest BCUT2D eigenvalue weighted by atomic mass is 16.5. The minimum atomic E-state index is 0.151. The second-order valence-electron chi connectivity index (χ2n) is 6.18. The molecule has 1 spiro atoms. The van der Waals surface area contributed by atoms with Crippen LogP contribution in [0.2, 0.25) is 0 Å². The molecular weight excluding hydrogens is 238 g/mol. The van der Waals surface area contributed by atoms with Gasteiger partial charge in [0.25, 0.3) is 0 Å². The molecule has 3 rings (SSSR count). The molecule has 2 heterocycles. The smallest absolute Gasteiger partial charge is 0.0703 e.